The number of carbonyl (C=O) groups is 1. The molecule has 0 fully saturated rings. The van der Waals surface area contributed by atoms with Crippen LogP contribution < -0.4 is 21.4 Å². The number of anilines is 1. The van der Waals surface area contributed by atoms with Crippen LogP contribution in [0.2, 0.25) is 0 Å². The summed E-state index contributed by atoms with van der Waals surface area (Å²) in [5.74, 6) is -0.0539. The van der Waals surface area contributed by atoms with Crippen molar-refractivity contribution < 1.29 is 14.6 Å². The Morgan fingerprint density at radius 3 is 3.04 bits per heavy atom. The Labute approximate surface area is 151 Å². The number of benzene rings is 1. The van der Waals surface area contributed by atoms with E-state index < -0.39 is 12.3 Å². The highest BCUT2D eigenvalue weighted by Gasteiger charge is 2.19. The number of rotatable bonds is 6. The molecule has 6 N–H and O–H groups in total. The molecule has 0 aromatic heterocycles. The second kappa shape index (κ2) is 9.68. The van der Waals surface area contributed by atoms with Gasteiger partial charge in [-0.3, -0.25) is 10.8 Å². The molecule has 1 aliphatic rings. The Bertz CT molecular complexity index is 665. The van der Waals surface area contributed by atoms with Crippen LogP contribution in [-0.4, -0.2) is 42.9 Å². The van der Waals surface area contributed by atoms with Crippen LogP contribution >= 0.6 is 0 Å². The van der Waals surface area contributed by atoms with Crippen molar-refractivity contribution in [1.29, 1.82) is 5.41 Å². The van der Waals surface area contributed by atoms with E-state index in [4.69, 9.17) is 10.1 Å². The van der Waals surface area contributed by atoms with Gasteiger partial charge in [-0.05, 0) is 31.5 Å². The molecule has 0 saturated heterocycles. The smallest absolute Gasteiger partial charge is 0.315 e. The standard InChI is InChI=1S/C16H25N7O3/c1-3-20-23-22-14(17)8-19-16(25)18-7-11-4-5-13-12(6-11)10(2)26-9-15(24)21-13/h4-6,10,15,21,24H,3,7-9H2,1-2H3,(H2,17,20,22)(H2,18,19,25)/t10-,15-/m1/s1. The molecule has 1 aromatic carbocycles. The Balaban J connectivity index is 1.84. The minimum absolute atomic E-state index is 0.0163. The number of nitrogens with one attached hydrogen (secondary N) is 5. The van der Waals surface area contributed by atoms with Crippen LogP contribution in [-0.2, 0) is 11.3 Å². The number of nitrogens with zero attached hydrogens (tertiary/aromatic N) is 2. The van der Waals surface area contributed by atoms with E-state index >= 15 is 0 Å². The predicted molar refractivity (Wildman–Crippen MR) is 96.9 cm³/mol. The summed E-state index contributed by atoms with van der Waals surface area (Å²) in [6.45, 7) is 4.91. The first-order valence-electron chi connectivity index (χ1n) is 8.41. The molecule has 1 aliphatic heterocycles. The molecule has 2 amide bonds. The maximum atomic E-state index is 11.8. The van der Waals surface area contributed by atoms with Gasteiger partial charge in [0.1, 0.15) is 6.23 Å². The third-order valence-electron chi connectivity index (χ3n) is 3.65. The molecule has 2 atom stereocenters. The second-order valence-electron chi connectivity index (χ2n) is 5.75. The van der Waals surface area contributed by atoms with Gasteiger partial charge in [0, 0.05) is 24.3 Å². The lowest BCUT2D eigenvalue weighted by atomic mass is 10.0. The summed E-state index contributed by atoms with van der Waals surface area (Å²) >= 11 is 0. The van der Waals surface area contributed by atoms with Crippen molar-refractivity contribution in [1.82, 2.24) is 16.1 Å². The Morgan fingerprint density at radius 2 is 2.27 bits per heavy atom. The van der Waals surface area contributed by atoms with Crippen molar-refractivity contribution in [2.75, 3.05) is 25.0 Å². The minimum Gasteiger partial charge on any atom is -0.371 e. The van der Waals surface area contributed by atoms with Crippen LogP contribution in [0.15, 0.2) is 28.5 Å². The van der Waals surface area contributed by atoms with E-state index in [9.17, 15) is 9.90 Å². The first kappa shape index (κ1) is 19.6. The van der Waals surface area contributed by atoms with Gasteiger partial charge in [0.05, 0.1) is 19.3 Å². The van der Waals surface area contributed by atoms with Gasteiger partial charge in [-0.25, -0.2) is 4.79 Å². The summed E-state index contributed by atoms with van der Waals surface area (Å²) in [5, 5.41) is 32.7. The number of fused-ring (bicyclic) bond motifs is 1. The van der Waals surface area contributed by atoms with Crippen LogP contribution in [0.25, 0.3) is 0 Å². The van der Waals surface area contributed by atoms with Gasteiger partial charge >= 0.3 is 6.03 Å². The molecule has 10 heteroatoms. The van der Waals surface area contributed by atoms with Gasteiger partial charge in [-0.15, -0.1) is 5.11 Å². The molecular weight excluding hydrogens is 338 g/mol. The summed E-state index contributed by atoms with van der Waals surface area (Å²) in [7, 11) is 0. The summed E-state index contributed by atoms with van der Waals surface area (Å²) in [5.41, 5.74) is 5.24. The molecule has 0 unspecified atom stereocenters. The topological polar surface area (TPSA) is 143 Å². The number of aliphatic hydroxyl groups excluding tert-OH is 1. The van der Waals surface area contributed by atoms with Crippen LogP contribution in [0.1, 0.15) is 31.1 Å². The third-order valence-corrected chi connectivity index (χ3v) is 3.65. The molecule has 2 rings (SSSR count). The summed E-state index contributed by atoms with van der Waals surface area (Å²) in [6.07, 6.45) is -0.903. The summed E-state index contributed by atoms with van der Waals surface area (Å²) < 4.78 is 5.57. The van der Waals surface area contributed by atoms with Crippen molar-refractivity contribution in [3.8, 4) is 0 Å². The monoisotopic (exact) mass is 363 g/mol. The van der Waals surface area contributed by atoms with E-state index in [0.29, 0.717) is 13.1 Å². The molecule has 10 nitrogen and oxygen atoms in total. The molecule has 1 heterocycles. The molecule has 26 heavy (non-hydrogen) atoms. The SMILES string of the molecule is CCN/N=N\C(=N)CNC(=O)NCc1ccc2c(c1)[C@@H](C)OC[C@@H](O)N2. The molecule has 0 spiro atoms. The fraction of sp³-hybridized carbons (Fsp3) is 0.500. The van der Waals surface area contributed by atoms with E-state index in [1.54, 1.807) is 0 Å². The van der Waals surface area contributed by atoms with E-state index in [-0.39, 0.29) is 25.1 Å². The fourth-order valence-corrected chi connectivity index (χ4v) is 2.35. The number of ether oxygens (including phenoxy) is 1. The minimum atomic E-state index is -0.742. The lowest BCUT2D eigenvalue weighted by molar-refractivity contribution is 0.0138. The fourth-order valence-electron chi connectivity index (χ4n) is 2.35. The maximum absolute atomic E-state index is 11.8. The molecule has 0 aliphatic carbocycles. The summed E-state index contributed by atoms with van der Waals surface area (Å²) in [4.78, 5) is 11.8. The zero-order valence-corrected chi connectivity index (χ0v) is 14.9. The van der Waals surface area contributed by atoms with Gasteiger partial charge < -0.3 is 25.8 Å². The normalized spacial score (nSPS) is 19.2. The van der Waals surface area contributed by atoms with Gasteiger partial charge in [-0.2, -0.15) is 0 Å². The average Bonchev–Trinajstić information content (AvgIpc) is 2.77. The molecule has 0 bridgehead atoms. The molecule has 1 aromatic rings. The maximum Gasteiger partial charge on any atom is 0.315 e. The van der Waals surface area contributed by atoms with Crippen LogP contribution in [0, 0.1) is 5.41 Å². The first-order chi connectivity index (χ1) is 12.5. The number of amidine groups is 1. The number of amides is 2. The van der Waals surface area contributed by atoms with Crippen LogP contribution in [0.3, 0.4) is 0 Å². The lowest BCUT2D eigenvalue weighted by Gasteiger charge is -2.15. The predicted octanol–water partition coefficient (Wildman–Crippen LogP) is 1.26. The van der Waals surface area contributed by atoms with Crippen molar-refractivity contribution in [2.45, 2.75) is 32.7 Å². The van der Waals surface area contributed by atoms with Crippen LogP contribution in [0.4, 0.5) is 10.5 Å². The van der Waals surface area contributed by atoms with E-state index in [2.05, 4.69) is 31.7 Å². The van der Waals surface area contributed by atoms with Crippen molar-refractivity contribution in [3.63, 3.8) is 0 Å². The quantitative estimate of drug-likeness (QED) is 0.195. The second-order valence-corrected chi connectivity index (χ2v) is 5.75. The van der Waals surface area contributed by atoms with Crippen LogP contribution in [0.5, 0.6) is 0 Å². The van der Waals surface area contributed by atoms with Gasteiger partial charge in [0.15, 0.2) is 5.84 Å². The Hall–Kier alpha value is -2.72. The summed E-state index contributed by atoms with van der Waals surface area (Å²) in [6, 6.07) is 5.25. The largest absolute Gasteiger partial charge is 0.371 e. The van der Waals surface area contributed by atoms with E-state index in [1.807, 2.05) is 32.0 Å². The number of urea groups is 1. The molecular formula is C16H25N7O3. The number of carbonyl (C=O) groups excluding carboxylic acids is 1. The first-order valence-corrected chi connectivity index (χ1v) is 8.41. The highest BCUT2D eigenvalue weighted by molar-refractivity contribution is 5.85. The number of hydrogen-bond acceptors (Lipinski definition) is 6. The Kier molecular flexibility index (Phi) is 7.30. The van der Waals surface area contributed by atoms with Gasteiger partial charge in [0.2, 0.25) is 0 Å². The zero-order chi connectivity index (χ0) is 18.9. The molecule has 142 valence electrons. The molecule has 0 saturated carbocycles. The molecule has 0 radical (unpaired) electrons. The van der Waals surface area contributed by atoms with E-state index in [0.717, 1.165) is 16.8 Å². The highest BCUT2D eigenvalue weighted by Crippen LogP contribution is 2.29. The average molecular weight is 363 g/mol. The van der Waals surface area contributed by atoms with Crippen molar-refractivity contribution in [2.24, 2.45) is 10.3 Å². The van der Waals surface area contributed by atoms with Crippen molar-refractivity contribution in [3.05, 3.63) is 29.3 Å². The lowest BCUT2D eigenvalue weighted by Crippen LogP contribution is -2.37. The Morgan fingerprint density at radius 1 is 1.46 bits per heavy atom. The van der Waals surface area contributed by atoms with Gasteiger partial charge in [0.25, 0.3) is 0 Å². The third kappa shape index (κ3) is 5.97. The van der Waals surface area contributed by atoms with Crippen molar-refractivity contribution >= 4 is 17.6 Å². The highest BCUT2D eigenvalue weighted by atomic mass is 16.5. The number of aliphatic hydroxyl groups is 1. The zero-order valence-electron chi connectivity index (χ0n) is 14.9. The number of hydrogen-bond donors (Lipinski definition) is 6. The van der Waals surface area contributed by atoms with E-state index in [1.165, 1.54) is 0 Å². The van der Waals surface area contributed by atoms with Gasteiger partial charge in [-0.1, -0.05) is 11.3 Å².